The van der Waals surface area contributed by atoms with Gasteiger partial charge in [-0.25, -0.2) is 8.42 Å². The third kappa shape index (κ3) is 6.70. The molecule has 0 saturated carbocycles. The van der Waals surface area contributed by atoms with Crippen molar-refractivity contribution in [2.24, 2.45) is 0 Å². The summed E-state index contributed by atoms with van der Waals surface area (Å²) in [6, 6.07) is 24.9. The van der Waals surface area contributed by atoms with Crippen LogP contribution in [0, 0.1) is 0 Å². The summed E-state index contributed by atoms with van der Waals surface area (Å²) in [4.78, 5) is 21.9. The minimum atomic E-state index is -5.34. The zero-order chi connectivity index (χ0) is 31.6. The van der Waals surface area contributed by atoms with Crippen molar-refractivity contribution in [2.45, 2.75) is 55.9 Å². The second-order valence-corrected chi connectivity index (χ2v) is 13.0. The second kappa shape index (κ2) is 12.3. The van der Waals surface area contributed by atoms with Gasteiger partial charge in [-0.2, -0.15) is 13.2 Å². The number of amides is 2. The molecule has 6 nitrogen and oxygen atoms in total. The lowest BCUT2D eigenvalue weighted by Gasteiger charge is -2.17. The molecule has 2 amide bonds. The summed E-state index contributed by atoms with van der Waals surface area (Å²) in [5, 5.41) is 5.66. The van der Waals surface area contributed by atoms with E-state index in [0.717, 1.165) is 35.4 Å². The zero-order valence-corrected chi connectivity index (χ0v) is 25.0. The number of rotatable bonds is 4. The molecule has 0 radical (unpaired) electrons. The SMILES string of the molecule is CC(C)c1ccc(-c2ccc3c(c2)CCC(=O)N3)cc1.O=C1CCc2cc(-c3ccc(S(=O)(=O)C(F)(F)F)cc3)ccc2N1. The Kier molecular flexibility index (Phi) is 8.65. The van der Waals surface area contributed by atoms with E-state index in [1.165, 1.54) is 34.4 Å². The number of nitrogens with one attached hydrogen (secondary N) is 2. The number of halogens is 3. The molecule has 44 heavy (non-hydrogen) atoms. The fourth-order valence-electron chi connectivity index (χ4n) is 5.15. The van der Waals surface area contributed by atoms with Crippen LogP contribution in [-0.4, -0.2) is 25.7 Å². The largest absolute Gasteiger partial charge is 0.501 e. The molecule has 2 aliphatic heterocycles. The van der Waals surface area contributed by atoms with Gasteiger partial charge in [0, 0.05) is 24.2 Å². The maximum Gasteiger partial charge on any atom is 0.501 e. The Morgan fingerprint density at radius 1 is 0.614 bits per heavy atom. The molecule has 6 rings (SSSR count). The molecule has 0 atom stereocenters. The number of hydrogen-bond acceptors (Lipinski definition) is 4. The van der Waals surface area contributed by atoms with Crippen molar-refractivity contribution in [3.8, 4) is 22.3 Å². The van der Waals surface area contributed by atoms with E-state index in [-0.39, 0.29) is 11.8 Å². The third-order valence-electron chi connectivity index (χ3n) is 7.71. The number of hydrogen-bond donors (Lipinski definition) is 2. The van der Waals surface area contributed by atoms with E-state index >= 15 is 0 Å². The van der Waals surface area contributed by atoms with Gasteiger partial charge < -0.3 is 10.6 Å². The number of sulfone groups is 1. The van der Waals surface area contributed by atoms with Gasteiger partial charge in [0.2, 0.25) is 11.8 Å². The lowest BCUT2D eigenvalue weighted by atomic mass is 9.95. The summed E-state index contributed by atoms with van der Waals surface area (Å²) < 4.78 is 60.3. The number of anilines is 2. The van der Waals surface area contributed by atoms with Gasteiger partial charge in [-0.05, 0) is 94.1 Å². The Morgan fingerprint density at radius 3 is 1.43 bits per heavy atom. The Morgan fingerprint density at radius 2 is 1.02 bits per heavy atom. The monoisotopic (exact) mass is 620 g/mol. The Labute approximate surface area is 254 Å². The summed E-state index contributed by atoms with van der Waals surface area (Å²) in [5.41, 5.74) is 3.66. The quantitative estimate of drug-likeness (QED) is 0.243. The molecular weight excluding hydrogens is 589 g/mol. The zero-order valence-electron chi connectivity index (χ0n) is 24.2. The van der Waals surface area contributed by atoms with E-state index in [1.54, 1.807) is 12.1 Å². The molecule has 2 aliphatic rings. The van der Waals surface area contributed by atoms with E-state index in [2.05, 4.69) is 60.9 Å². The minimum absolute atomic E-state index is 0.0584. The van der Waals surface area contributed by atoms with Gasteiger partial charge in [0.25, 0.3) is 9.84 Å². The molecule has 0 unspecified atom stereocenters. The molecule has 0 aliphatic carbocycles. The smallest absolute Gasteiger partial charge is 0.326 e. The van der Waals surface area contributed by atoms with Crippen LogP contribution in [0.4, 0.5) is 24.5 Å². The van der Waals surface area contributed by atoms with Crippen LogP contribution in [0.1, 0.15) is 49.3 Å². The first-order valence-corrected chi connectivity index (χ1v) is 15.7. The van der Waals surface area contributed by atoms with Crippen LogP contribution >= 0.6 is 0 Å². The predicted molar refractivity (Wildman–Crippen MR) is 165 cm³/mol. The summed E-state index contributed by atoms with van der Waals surface area (Å²) in [6.45, 7) is 4.41. The first-order chi connectivity index (χ1) is 20.8. The van der Waals surface area contributed by atoms with Gasteiger partial charge in [0.15, 0.2) is 0 Å². The van der Waals surface area contributed by atoms with Crippen LogP contribution in [0.2, 0.25) is 0 Å². The van der Waals surface area contributed by atoms with Crippen LogP contribution in [-0.2, 0) is 32.3 Å². The molecule has 2 heterocycles. The minimum Gasteiger partial charge on any atom is -0.326 e. The highest BCUT2D eigenvalue weighted by Crippen LogP contribution is 2.33. The summed E-state index contributed by atoms with van der Waals surface area (Å²) >= 11 is 0. The fraction of sp³-hybridized carbons (Fsp3) is 0.235. The Balaban J connectivity index is 0.000000177. The van der Waals surface area contributed by atoms with Crippen LogP contribution in [0.3, 0.4) is 0 Å². The van der Waals surface area contributed by atoms with E-state index < -0.39 is 20.2 Å². The molecule has 4 aromatic rings. The van der Waals surface area contributed by atoms with E-state index in [4.69, 9.17) is 0 Å². The van der Waals surface area contributed by atoms with Crippen molar-refractivity contribution in [1.82, 2.24) is 0 Å². The number of carbonyl (C=O) groups excluding carboxylic acids is 2. The molecular formula is C34H31F3N2O4S. The highest BCUT2D eigenvalue weighted by Gasteiger charge is 2.46. The second-order valence-electron chi connectivity index (χ2n) is 11.1. The number of alkyl halides is 3. The molecule has 4 aromatic carbocycles. The van der Waals surface area contributed by atoms with Crippen molar-refractivity contribution in [2.75, 3.05) is 10.6 Å². The predicted octanol–water partition coefficient (Wildman–Crippen LogP) is 7.89. The highest BCUT2D eigenvalue weighted by atomic mass is 32.2. The summed E-state index contributed by atoms with van der Waals surface area (Å²) in [7, 11) is -5.34. The van der Waals surface area contributed by atoms with Gasteiger partial charge in [-0.3, -0.25) is 9.59 Å². The summed E-state index contributed by atoms with van der Waals surface area (Å²) in [6.07, 6.45) is 2.37. The molecule has 0 saturated heterocycles. The number of fused-ring (bicyclic) bond motifs is 2. The average Bonchev–Trinajstić information content (AvgIpc) is 3.00. The topological polar surface area (TPSA) is 92.3 Å². The fourth-order valence-corrected chi connectivity index (χ4v) is 5.91. The molecule has 10 heteroatoms. The van der Waals surface area contributed by atoms with Gasteiger partial charge in [-0.1, -0.05) is 62.4 Å². The Bertz CT molecular complexity index is 1820. The third-order valence-corrected chi connectivity index (χ3v) is 9.22. The number of aryl methyl sites for hydroxylation is 2. The standard InChI is InChI=1S/C18H19NO.C16H12F3NO3S/c1-12(2)13-3-5-14(6-4-13)15-7-9-17-16(11-15)8-10-18(20)19-17;17-16(18,19)24(22,23)13-5-1-10(2-6-13)11-3-7-14-12(9-11)4-8-15(21)20-14/h3-7,9,11-12H,8,10H2,1-2H3,(H,19,20);1-3,5-7,9H,4,8H2,(H,20,21). The molecule has 0 bridgehead atoms. The maximum atomic E-state index is 12.5. The first kappa shape index (κ1) is 31.0. The van der Waals surface area contributed by atoms with Crippen molar-refractivity contribution in [3.63, 3.8) is 0 Å². The van der Waals surface area contributed by atoms with Gasteiger partial charge in [-0.15, -0.1) is 0 Å². The van der Waals surface area contributed by atoms with Crippen LogP contribution in [0.5, 0.6) is 0 Å². The summed E-state index contributed by atoms with van der Waals surface area (Å²) in [5.74, 6) is 0.617. The van der Waals surface area contributed by atoms with E-state index in [9.17, 15) is 31.2 Å². The van der Waals surface area contributed by atoms with Crippen LogP contribution in [0.15, 0.2) is 89.8 Å². The average molecular weight is 621 g/mol. The molecule has 0 spiro atoms. The molecule has 0 fully saturated rings. The number of carbonyl (C=O) groups is 2. The van der Waals surface area contributed by atoms with Crippen molar-refractivity contribution in [1.29, 1.82) is 0 Å². The number of benzene rings is 4. The van der Waals surface area contributed by atoms with Crippen molar-refractivity contribution < 1.29 is 31.2 Å². The lowest BCUT2D eigenvalue weighted by molar-refractivity contribution is -0.117. The molecule has 0 aromatic heterocycles. The van der Waals surface area contributed by atoms with E-state index in [1.807, 2.05) is 12.1 Å². The molecule has 228 valence electrons. The first-order valence-electron chi connectivity index (χ1n) is 14.2. The van der Waals surface area contributed by atoms with Crippen LogP contribution in [0.25, 0.3) is 22.3 Å². The van der Waals surface area contributed by atoms with Gasteiger partial charge in [0.05, 0.1) is 4.90 Å². The van der Waals surface area contributed by atoms with Gasteiger partial charge in [0.1, 0.15) is 0 Å². The van der Waals surface area contributed by atoms with Crippen molar-refractivity contribution in [3.05, 3.63) is 102 Å². The van der Waals surface area contributed by atoms with Crippen molar-refractivity contribution >= 4 is 33.0 Å². The van der Waals surface area contributed by atoms with Crippen LogP contribution < -0.4 is 10.6 Å². The Hall–Kier alpha value is -4.44. The maximum absolute atomic E-state index is 12.5. The lowest BCUT2D eigenvalue weighted by Crippen LogP contribution is -2.23. The highest BCUT2D eigenvalue weighted by molar-refractivity contribution is 7.92. The van der Waals surface area contributed by atoms with Gasteiger partial charge >= 0.3 is 5.51 Å². The van der Waals surface area contributed by atoms with E-state index in [0.29, 0.717) is 36.4 Å². The normalized spacial score (nSPS) is 14.5. The molecule has 2 N–H and O–H groups in total.